The van der Waals surface area contributed by atoms with Gasteiger partial charge < -0.3 is 28.4 Å². The first-order valence-corrected chi connectivity index (χ1v) is 14.0. The van der Waals surface area contributed by atoms with Crippen molar-refractivity contribution in [3.8, 4) is 5.75 Å². The van der Waals surface area contributed by atoms with Crippen LogP contribution >= 0.6 is 0 Å². The first-order chi connectivity index (χ1) is 17.4. The van der Waals surface area contributed by atoms with Gasteiger partial charge in [0.25, 0.3) is 0 Å². The van der Waals surface area contributed by atoms with Crippen molar-refractivity contribution in [2.45, 2.75) is 78.1 Å². The van der Waals surface area contributed by atoms with E-state index in [1.165, 1.54) is 56.9 Å². The van der Waals surface area contributed by atoms with Crippen molar-refractivity contribution in [2.24, 2.45) is 0 Å². The highest BCUT2D eigenvalue weighted by Crippen LogP contribution is 2.15. The number of aryl methyl sites for hydroxylation is 1. The van der Waals surface area contributed by atoms with Gasteiger partial charge in [0.2, 0.25) is 0 Å². The molecular weight excluding hydrogens is 444 g/mol. The molecule has 1 rings (SSSR count). The van der Waals surface area contributed by atoms with Crippen molar-refractivity contribution in [1.82, 2.24) is 0 Å². The van der Waals surface area contributed by atoms with Crippen LogP contribution in [0.4, 0.5) is 0 Å². The summed E-state index contributed by atoms with van der Waals surface area (Å²) in [6.07, 6.45) is 12.7. The van der Waals surface area contributed by atoms with E-state index in [2.05, 4.69) is 38.1 Å². The van der Waals surface area contributed by atoms with E-state index in [4.69, 9.17) is 28.4 Å². The first-order valence-electron chi connectivity index (χ1n) is 14.0. The highest BCUT2D eigenvalue weighted by Gasteiger charge is 1.98. The molecule has 6 heteroatoms. The summed E-state index contributed by atoms with van der Waals surface area (Å²) in [6.45, 7) is 11.1. The second-order valence-corrected chi connectivity index (χ2v) is 8.78. The summed E-state index contributed by atoms with van der Waals surface area (Å²) < 4.78 is 33.3. The van der Waals surface area contributed by atoms with E-state index >= 15 is 0 Å². The fraction of sp³-hybridized carbons (Fsp3) is 0.793. The normalized spacial score (nSPS) is 11.3. The van der Waals surface area contributed by atoms with Gasteiger partial charge in [-0.3, -0.25) is 0 Å². The smallest absolute Gasteiger partial charge is 0.119 e. The zero-order chi connectivity index (χ0) is 25.1. The molecule has 1 aromatic rings. The van der Waals surface area contributed by atoms with Gasteiger partial charge >= 0.3 is 0 Å². The summed E-state index contributed by atoms with van der Waals surface area (Å²) in [5, 5.41) is 0. The fourth-order valence-electron chi connectivity index (χ4n) is 3.52. The monoisotopic (exact) mass is 496 g/mol. The van der Waals surface area contributed by atoms with Crippen LogP contribution in [0.1, 0.15) is 77.2 Å². The van der Waals surface area contributed by atoms with Crippen molar-refractivity contribution in [3.63, 3.8) is 0 Å². The lowest BCUT2D eigenvalue weighted by Gasteiger charge is -2.09. The number of unbranched alkanes of at least 4 members (excludes halogenated alkanes) is 7. The Morgan fingerprint density at radius 2 is 0.857 bits per heavy atom. The summed E-state index contributed by atoms with van der Waals surface area (Å²) >= 11 is 0. The summed E-state index contributed by atoms with van der Waals surface area (Å²) in [4.78, 5) is 0. The van der Waals surface area contributed by atoms with Gasteiger partial charge in [-0.25, -0.2) is 0 Å². The summed E-state index contributed by atoms with van der Waals surface area (Å²) in [7, 11) is 0. The van der Waals surface area contributed by atoms with Crippen LogP contribution < -0.4 is 4.74 Å². The van der Waals surface area contributed by atoms with Gasteiger partial charge in [0.1, 0.15) is 12.4 Å². The minimum Gasteiger partial charge on any atom is -0.491 e. The van der Waals surface area contributed by atoms with Gasteiger partial charge in [-0.15, -0.1) is 0 Å². The van der Waals surface area contributed by atoms with Crippen LogP contribution in [-0.4, -0.2) is 72.7 Å². The number of rotatable bonds is 27. The molecule has 0 aromatic heterocycles. The molecule has 6 nitrogen and oxygen atoms in total. The second kappa shape index (κ2) is 25.9. The Balaban J connectivity index is 1.80. The molecule has 0 aliphatic heterocycles. The van der Waals surface area contributed by atoms with Crippen molar-refractivity contribution >= 4 is 0 Å². The number of ether oxygens (including phenoxy) is 6. The van der Waals surface area contributed by atoms with Crippen LogP contribution in [0.5, 0.6) is 5.75 Å². The van der Waals surface area contributed by atoms with E-state index in [1.54, 1.807) is 0 Å². The van der Waals surface area contributed by atoms with Crippen LogP contribution in [0, 0.1) is 0 Å². The zero-order valence-electron chi connectivity index (χ0n) is 22.6. The fourth-order valence-corrected chi connectivity index (χ4v) is 3.52. The van der Waals surface area contributed by atoms with Gasteiger partial charge in [0, 0.05) is 6.61 Å². The highest BCUT2D eigenvalue weighted by molar-refractivity contribution is 5.27. The third kappa shape index (κ3) is 21.8. The predicted molar refractivity (Wildman–Crippen MR) is 143 cm³/mol. The van der Waals surface area contributed by atoms with Gasteiger partial charge in [0.05, 0.1) is 59.5 Å². The molecule has 0 bridgehead atoms. The molecule has 0 radical (unpaired) electrons. The average Bonchev–Trinajstić information content (AvgIpc) is 2.88. The van der Waals surface area contributed by atoms with Crippen molar-refractivity contribution in [1.29, 1.82) is 0 Å². The van der Waals surface area contributed by atoms with Gasteiger partial charge in [-0.1, -0.05) is 70.9 Å². The Labute approximate surface area is 215 Å². The van der Waals surface area contributed by atoms with Crippen LogP contribution in [0.15, 0.2) is 24.3 Å². The molecule has 0 unspecified atom stereocenters. The van der Waals surface area contributed by atoms with Crippen molar-refractivity contribution in [2.75, 3.05) is 72.7 Å². The van der Waals surface area contributed by atoms with E-state index in [9.17, 15) is 0 Å². The molecule has 0 atom stereocenters. The zero-order valence-corrected chi connectivity index (χ0v) is 22.6. The molecule has 0 spiro atoms. The maximum absolute atomic E-state index is 5.75. The van der Waals surface area contributed by atoms with E-state index in [-0.39, 0.29) is 0 Å². The first kappa shape index (κ1) is 31.8. The minimum absolute atomic E-state index is 0.545. The molecule has 35 heavy (non-hydrogen) atoms. The molecule has 0 heterocycles. The maximum Gasteiger partial charge on any atom is 0.119 e. The Bertz CT molecular complexity index is 536. The Morgan fingerprint density at radius 1 is 0.429 bits per heavy atom. The van der Waals surface area contributed by atoms with Crippen LogP contribution in [-0.2, 0) is 30.1 Å². The minimum atomic E-state index is 0.545. The van der Waals surface area contributed by atoms with Crippen molar-refractivity contribution < 1.29 is 28.4 Å². The topological polar surface area (TPSA) is 55.4 Å². The number of benzene rings is 1. The maximum atomic E-state index is 5.75. The molecular formula is C29H52O6. The molecule has 0 saturated heterocycles. The quantitative estimate of drug-likeness (QED) is 0.134. The van der Waals surface area contributed by atoms with E-state index in [0.29, 0.717) is 66.1 Å². The molecule has 1 aromatic carbocycles. The molecule has 0 N–H and O–H groups in total. The van der Waals surface area contributed by atoms with Gasteiger partial charge in [0.15, 0.2) is 0 Å². The summed E-state index contributed by atoms with van der Waals surface area (Å²) in [5.41, 5.74) is 1.39. The van der Waals surface area contributed by atoms with Gasteiger partial charge in [-0.2, -0.15) is 0 Å². The number of hydrogen-bond acceptors (Lipinski definition) is 6. The Kier molecular flexibility index (Phi) is 23.6. The SMILES string of the molecule is CCCCCCCCc1ccc(OCCOCCOCCOCCOCCOCCCCC)cc1. The Hall–Kier alpha value is -1.18. The largest absolute Gasteiger partial charge is 0.491 e. The molecule has 0 aliphatic carbocycles. The van der Waals surface area contributed by atoms with Gasteiger partial charge in [-0.05, 0) is 37.0 Å². The summed E-state index contributed by atoms with van der Waals surface area (Å²) in [5.74, 6) is 0.900. The lowest BCUT2D eigenvalue weighted by Crippen LogP contribution is -2.14. The van der Waals surface area contributed by atoms with E-state index in [0.717, 1.165) is 25.2 Å². The van der Waals surface area contributed by atoms with E-state index in [1.807, 2.05) is 0 Å². The third-order valence-electron chi connectivity index (χ3n) is 5.62. The summed E-state index contributed by atoms with van der Waals surface area (Å²) in [6, 6.07) is 8.47. The van der Waals surface area contributed by atoms with Crippen LogP contribution in [0.2, 0.25) is 0 Å². The Morgan fingerprint density at radius 3 is 1.40 bits per heavy atom. The highest BCUT2D eigenvalue weighted by atomic mass is 16.6. The molecule has 0 aliphatic rings. The van der Waals surface area contributed by atoms with E-state index < -0.39 is 0 Å². The van der Waals surface area contributed by atoms with Crippen LogP contribution in [0.3, 0.4) is 0 Å². The molecule has 0 saturated carbocycles. The van der Waals surface area contributed by atoms with Crippen LogP contribution in [0.25, 0.3) is 0 Å². The molecule has 204 valence electrons. The second-order valence-electron chi connectivity index (χ2n) is 8.78. The average molecular weight is 497 g/mol. The lowest BCUT2D eigenvalue weighted by molar-refractivity contribution is -0.0128. The molecule has 0 amide bonds. The number of hydrogen-bond donors (Lipinski definition) is 0. The third-order valence-corrected chi connectivity index (χ3v) is 5.62. The standard InChI is InChI=1S/C29H52O6/c1-3-5-7-8-9-10-12-28-13-15-29(16-14-28)35-27-26-34-25-24-33-23-22-32-21-20-31-19-18-30-17-11-6-4-2/h13-16H,3-12,17-27H2,1-2H3. The van der Waals surface area contributed by atoms with Crippen molar-refractivity contribution in [3.05, 3.63) is 29.8 Å². The predicted octanol–water partition coefficient (Wildman–Crippen LogP) is 6.24. The lowest BCUT2D eigenvalue weighted by atomic mass is 10.0. The molecule has 0 fully saturated rings.